The van der Waals surface area contributed by atoms with E-state index in [4.69, 9.17) is 10.00 Å². The highest BCUT2D eigenvalue weighted by Crippen LogP contribution is 2.19. The molecule has 2 heteroatoms. The Morgan fingerprint density at radius 1 is 1.35 bits per heavy atom. The summed E-state index contributed by atoms with van der Waals surface area (Å²) in [4.78, 5) is 0. The van der Waals surface area contributed by atoms with E-state index in [1.165, 1.54) is 18.4 Å². The summed E-state index contributed by atoms with van der Waals surface area (Å²) in [5.74, 6) is 0. The van der Waals surface area contributed by atoms with Crippen molar-refractivity contribution in [3.63, 3.8) is 0 Å². The van der Waals surface area contributed by atoms with E-state index in [-0.39, 0.29) is 0 Å². The van der Waals surface area contributed by atoms with Gasteiger partial charge in [0.05, 0.1) is 12.2 Å². The lowest BCUT2D eigenvalue weighted by Gasteiger charge is -2.08. The molecule has 2 nitrogen and oxygen atoms in total. The average Bonchev–Trinajstić information content (AvgIpc) is 2.79. The van der Waals surface area contributed by atoms with E-state index in [1.54, 1.807) is 6.08 Å². The standard InChI is InChI=1S/C15H23NO/c1-13(5-3-6-14(2)10-11-16)8-9-15-7-4-12-17-15/h5,10,15H,3-4,6-9,12H2,1-2H3. The van der Waals surface area contributed by atoms with Crippen LogP contribution in [0.2, 0.25) is 0 Å². The molecule has 1 atom stereocenters. The first-order chi connectivity index (χ1) is 8.22. The number of hydrogen-bond acceptors (Lipinski definition) is 2. The monoisotopic (exact) mass is 233 g/mol. The Bertz CT molecular complexity index is 316. The van der Waals surface area contributed by atoms with E-state index in [2.05, 4.69) is 19.1 Å². The van der Waals surface area contributed by atoms with Crippen LogP contribution in [-0.4, -0.2) is 12.7 Å². The summed E-state index contributed by atoms with van der Waals surface area (Å²) >= 11 is 0. The topological polar surface area (TPSA) is 33.0 Å². The summed E-state index contributed by atoms with van der Waals surface area (Å²) in [6.45, 7) is 5.16. The average molecular weight is 233 g/mol. The van der Waals surface area contributed by atoms with Crippen molar-refractivity contribution in [2.45, 2.75) is 58.5 Å². The van der Waals surface area contributed by atoms with Crippen LogP contribution in [-0.2, 0) is 4.74 Å². The molecule has 1 aliphatic rings. The van der Waals surface area contributed by atoms with Crippen molar-refractivity contribution in [2.24, 2.45) is 0 Å². The number of nitrogens with zero attached hydrogens (tertiary/aromatic N) is 1. The SMILES string of the molecule is CC(=CC#N)CCC=C(C)CCC1CCCO1. The molecule has 0 bridgehead atoms. The van der Waals surface area contributed by atoms with Crippen LogP contribution in [0.15, 0.2) is 23.3 Å². The minimum Gasteiger partial charge on any atom is -0.378 e. The lowest BCUT2D eigenvalue weighted by Crippen LogP contribution is -2.04. The molecule has 1 unspecified atom stereocenters. The molecule has 1 fully saturated rings. The van der Waals surface area contributed by atoms with E-state index in [0.717, 1.165) is 37.9 Å². The van der Waals surface area contributed by atoms with E-state index in [9.17, 15) is 0 Å². The van der Waals surface area contributed by atoms with Gasteiger partial charge >= 0.3 is 0 Å². The number of ether oxygens (including phenoxy) is 1. The van der Waals surface area contributed by atoms with Gasteiger partial charge in [-0.25, -0.2) is 0 Å². The van der Waals surface area contributed by atoms with Gasteiger partial charge in [-0.1, -0.05) is 17.2 Å². The van der Waals surface area contributed by atoms with Gasteiger partial charge in [-0.2, -0.15) is 5.26 Å². The second kappa shape index (κ2) is 8.08. The summed E-state index contributed by atoms with van der Waals surface area (Å²) < 4.78 is 5.61. The summed E-state index contributed by atoms with van der Waals surface area (Å²) in [6.07, 6.45) is 11.2. The van der Waals surface area contributed by atoms with Gasteiger partial charge < -0.3 is 4.74 Å². The second-order valence-corrected chi connectivity index (χ2v) is 4.88. The van der Waals surface area contributed by atoms with Crippen molar-refractivity contribution >= 4 is 0 Å². The first kappa shape index (κ1) is 14.0. The van der Waals surface area contributed by atoms with Crippen LogP contribution >= 0.6 is 0 Å². The highest BCUT2D eigenvalue weighted by atomic mass is 16.5. The third kappa shape index (κ3) is 6.28. The molecule has 0 N–H and O–H groups in total. The van der Waals surface area contributed by atoms with Crippen molar-refractivity contribution in [2.75, 3.05) is 6.61 Å². The molecule has 0 aromatic heterocycles. The van der Waals surface area contributed by atoms with Gasteiger partial charge in [0.15, 0.2) is 0 Å². The third-order valence-electron chi connectivity index (χ3n) is 3.23. The number of hydrogen-bond donors (Lipinski definition) is 0. The molecule has 1 saturated heterocycles. The fourth-order valence-electron chi connectivity index (χ4n) is 2.09. The van der Waals surface area contributed by atoms with E-state index < -0.39 is 0 Å². The Balaban J connectivity index is 2.16. The maximum absolute atomic E-state index is 8.49. The maximum atomic E-state index is 8.49. The molecule has 0 aromatic carbocycles. The summed E-state index contributed by atoms with van der Waals surface area (Å²) in [5.41, 5.74) is 2.61. The van der Waals surface area contributed by atoms with Gasteiger partial charge in [-0.3, -0.25) is 0 Å². The van der Waals surface area contributed by atoms with Crippen LogP contribution < -0.4 is 0 Å². The molecular formula is C15H23NO. The molecule has 94 valence electrons. The molecule has 0 aromatic rings. The molecular weight excluding hydrogens is 210 g/mol. The number of rotatable bonds is 6. The quantitative estimate of drug-likeness (QED) is 0.510. The van der Waals surface area contributed by atoms with Gasteiger partial charge in [0.1, 0.15) is 0 Å². The molecule has 0 saturated carbocycles. The van der Waals surface area contributed by atoms with E-state index in [0.29, 0.717) is 6.10 Å². The Morgan fingerprint density at radius 2 is 2.18 bits per heavy atom. The fourth-order valence-corrected chi connectivity index (χ4v) is 2.09. The molecule has 1 heterocycles. The molecule has 0 amide bonds. The van der Waals surface area contributed by atoms with E-state index >= 15 is 0 Å². The van der Waals surface area contributed by atoms with Crippen LogP contribution in [0, 0.1) is 11.3 Å². The Morgan fingerprint density at radius 3 is 2.82 bits per heavy atom. The Hall–Kier alpha value is -1.07. The number of nitriles is 1. The Kier molecular flexibility index (Phi) is 6.65. The van der Waals surface area contributed by atoms with Crippen molar-refractivity contribution in [3.8, 4) is 6.07 Å². The zero-order chi connectivity index (χ0) is 12.5. The fraction of sp³-hybridized carbons (Fsp3) is 0.667. The minimum absolute atomic E-state index is 0.499. The first-order valence-electron chi connectivity index (χ1n) is 6.55. The van der Waals surface area contributed by atoms with Crippen molar-refractivity contribution in [1.29, 1.82) is 5.26 Å². The molecule has 1 aliphatic heterocycles. The third-order valence-corrected chi connectivity index (χ3v) is 3.23. The van der Waals surface area contributed by atoms with Crippen LogP contribution in [0.5, 0.6) is 0 Å². The molecule has 17 heavy (non-hydrogen) atoms. The Labute approximate surface area is 105 Å². The molecule has 0 spiro atoms. The summed E-state index contributed by atoms with van der Waals surface area (Å²) in [5, 5.41) is 8.49. The number of allylic oxidation sites excluding steroid dienone is 4. The van der Waals surface area contributed by atoms with Crippen molar-refractivity contribution in [1.82, 2.24) is 0 Å². The summed E-state index contributed by atoms with van der Waals surface area (Å²) in [6, 6.07) is 2.07. The first-order valence-corrected chi connectivity index (χ1v) is 6.55. The lowest BCUT2D eigenvalue weighted by atomic mass is 10.0. The van der Waals surface area contributed by atoms with Gasteiger partial charge in [0.25, 0.3) is 0 Å². The molecule has 0 aliphatic carbocycles. The van der Waals surface area contributed by atoms with E-state index in [1.807, 2.05) is 6.92 Å². The van der Waals surface area contributed by atoms with Gasteiger partial charge in [0, 0.05) is 12.7 Å². The zero-order valence-electron chi connectivity index (χ0n) is 11.0. The lowest BCUT2D eigenvalue weighted by molar-refractivity contribution is 0.104. The largest absolute Gasteiger partial charge is 0.378 e. The van der Waals surface area contributed by atoms with Crippen molar-refractivity contribution < 1.29 is 4.74 Å². The van der Waals surface area contributed by atoms with Crippen LogP contribution in [0.4, 0.5) is 0 Å². The predicted molar refractivity (Wildman–Crippen MR) is 70.6 cm³/mol. The smallest absolute Gasteiger partial charge is 0.0911 e. The zero-order valence-corrected chi connectivity index (χ0v) is 11.0. The maximum Gasteiger partial charge on any atom is 0.0911 e. The van der Waals surface area contributed by atoms with Crippen LogP contribution in [0.3, 0.4) is 0 Å². The van der Waals surface area contributed by atoms with Crippen LogP contribution in [0.25, 0.3) is 0 Å². The van der Waals surface area contributed by atoms with Gasteiger partial charge in [-0.15, -0.1) is 0 Å². The highest BCUT2D eigenvalue weighted by Gasteiger charge is 2.14. The summed E-state index contributed by atoms with van der Waals surface area (Å²) in [7, 11) is 0. The normalized spacial score (nSPS) is 21.6. The second-order valence-electron chi connectivity index (χ2n) is 4.88. The predicted octanol–water partition coefficient (Wildman–Crippen LogP) is 4.14. The van der Waals surface area contributed by atoms with Gasteiger partial charge in [-0.05, 0) is 52.4 Å². The molecule has 1 rings (SSSR count). The van der Waals surface area contributed by atoms with Crippen LogP contribution in [0.1, 0.15) is 52.4 Å². The van der Waals surface area contributed by atoms with Gasteiger partial charge in [0.2, 0.25) is 0 Å². The minimum atomic E-state index is 0.499. The molecule has 0 radical (unpaired) electrons. The van der Waals surface area contributed by atoms with Crippen molar-refractivity contribution in [3.05, 3.63) is 23.3 Å². The highest BCUT2D eigenvalue weighted by molar-refractivity contribution is 5.12.